The number of ether oxygens (including phenoxy) is 2. The summed E-state index contributed by atoms with van der Waals surface area (Å²) in [7, 11) is 3.52. The van der Waals surface area contributed by atoms with Crippen molar-refractivity contribution in [2.75, 3.05) is 20.8 Å². The van der Waals surface area contributed by atoms with E-state index in [0.29, 0.717) is 0 Å². The zero-order valence-corrected chi connectivity index (χ0v) is 13.6. The summed E-state index contributed by atoms with van der Waals surface area (Å²) in [4.78, 5) is 19.8. The normalized spacial score (nSPS) is 32.2. The molecule has 116 valence electrons. The van der Waals surface area contributed by atoms with Crippen molar-refractivity contribution < 1.29 is 14.3 Å². The van der Waals surface area contributed by atoms with Crippen molar-refractivity contribution in [2.45, 2.75) is 50.4 Å². The van der Waals surface area contributed by atoms with Gasteiger partial charge in [0.25, 0.3) is 5.91 Å². The van der Waals surface area contributed by atoms with E-state index in [1.54, 1.807) is 19.7 Å². The number of nitrogens with zero attached hydrogens (tertiary/aromatic N) is 2. The van der Waals surface area contributed by atoms with Crippen molar-refractivity contribution in [3.05, 3.63) is 16.1 Å². The summed E-state index contributed by atoms with van der Waals surface area (Å²) in [6.07, 6.45) is 3.94. The predicted octanol–water partition coefficient (Wildman–Crippen LogP) is 2.25. The lowest BCUT2D eigenvalue weighted by molar-refractivity contribution is -0.0893. The Kier molecular flexibility index (Phi) is 4.03. The first-order chi connectivity index (χ1) is 10.1. The van der Waals surface area contributed by atoms with Gasteiger partial charge < -0.3 is 14.4 Å². The molecular weight excluding hydrogens is 288 g/mol. The maximum atomic E-state index is 12.8. The number of fused-ring (bicyclic) bond motifs is 1. The van der Waals surface area contributed by atoms with Crippen LogP contribution in [0.3, 0.4) is 0 Å². The quantitative estimate of drug-likeness (QED) is 0.859. The molecule has 1 aromatic heterocycles. The van der Waals surface area contributed by atoms with Gasteiger partial charge in [-0.15, -0.1) is 11.3 Å². The zero-order chi connectivity index (χ0) is 15.0. The Hall–Kier alpha value is -0.980. The van der Waals surface area contributed by atoms with Crippen molar-refractivity contribution in [3.8, 4) is 0 Å². The molecule has 0 spiro atoms. The summed E-state index contributed by atoms with van der Waals surface area (Å²) in [6, 6.07) is 0.107. The van der Waals surface area contributed by atoms with E-state index in [1.165, 1.54) is 11.3 Å². The number of carbonyl (C=O) groups is 1. The second-order valence-corrected chi connectivity index (χ2v) is 6.79. The van der Waals surface area contributed by atoms with E-state index in [9.17, 15) is 4.79 Å². The molecule has 1 saturated carbocycles. The molecule has 1 saturated heterocycles. The molecule has 0 bridgehead atoms. The Morgan fingerprint density at radius 3 is 2.90 bits per heavy atom. The third-order valence-corrected chi connectivity index (χ3v) is 5.99. The van der Waals surface area contributed by atoms with E-state index in [-0.39, 0.29) is 23.7 Å². The molecule has 6 heteroatoms. The number of aromatic nitrogens is 1. The Balaban J connectivity index is 1.86. The highest BCUT2D eigenvalue weighted by atomic mass is 32.1. The highest BCUT2D eigenvalue weighted by Gasteiger charge is 2.52. The number of hydrogen-bond acceptors (Lipinski definition) is 5. The molecule has 0 N–H and O–H groups in total. The number of likely N-dealkylation sites (tertiary alicyclic amines) is 1. The zero-order valence-electron chi connectivity index (χ0n) is 12.8. The van der Waals surface area contributed by atoms with E-state index >= 15 is 0 Å². The van der Waals surface area contributed by atoms with Crippen molar-refractivity contribution in [1.29, 1.82) is 0 Å². The van der Waals surface area contributed by atoms with Crippen LogP contribution >= 0.6 is 11.3 Å². The minimum absolute atomic E-state index is 0.0932. The molecule has 21 heavy (non-hydrogen) atoms. The number of aryl methyl sites for hydroxylation is 1. The van der Waals surface area contributed by atoms with Crippen molar-refractivity contribution in [1.82, 2.24) is 9.88 Å². The number of carbonyl (C=O) groups excluding carboxylic acids is 1. The van der Waals surface area contributed by atoms with Gasteiger partial charge in [0.15, 0.2) is 0 Å². The summed E-state index contributed by atoms with van der Waals surface area (Å²) in [6.45, 7) is 2.65. The summed E-state index contributed by atoms with van der Waals surface area (Å²) in [5.74, 6) is 0.0932. The van der Waals surface area contributed by atoms with Crippen LogP contribution in [0.15, 0.2) is 5.51 Å². The second-order valence-electron chi connectivity index (χ2n) is 5.93. The summed E-state index contributed by atoms with van der Waals surface area (Å²) in [5.41, 5.74) is 2.36. The van der Waals surface area contributed by atoms with Gasteiger partial charge in [0, 0.05) is 20.8 Å². The minimum atomic E-state index is -0.191. The molecule has 2 heterocycles. The lowest BCUT2D eigenvalue weighted by atomic mass is 9.79. The Morgan fingerprint density at radius 2 is 2.29 bits per heavy atom. The largest absolute Gasteiger partial charge is 0.381 e. The van der Waals surface area contributed by atoms with Crippen LogP contribution in [-0.2, 0) is 9.47 Å². The third-order valence-electron chi connectivity index (χ3n) is 5.08. The Labute approximate surface area is 129 Å². The molecule has 1 amide bonds. The van der Waals surface area contributed by atoms with E-state index in [2.05, 4.69) is 4.98 Å². The molecule has 0 unspecified atom stereocenters. The van der Waals surface area contributed by atoms with Gasteiger partial charge in [-0.25, -0.2) is 4.98 Å². The van der Waals surface area contributed by atoms with E-state index < -0.39 is 0 Å². The number of methoxy groups -OCH3 is 2. The average molecular weight is 310 g/mol. The second kappa shape index (κ2) is 5.66. The number of amides is 1. The fourth-order valence-corrected chi connectivity index (χ4v) is 4.51. The molecule has 0 radical (unpaired) electrons. The van der Waals surface area contributed by atoms with Crippen molar-refractivity contribution in [3.63, 3.8) is 0 Å². The SMILES string of the molecule is CO[C@@H]1CC[C@@]2(OC)CCN(C(=O)c3scnc3C)[C@H]2C1. The average Bonchev–Trinajstić information content (AvgIpc) is 3.10. The van der Waals surface area contributed by atoms with Gasteiger partial charge in [0.05, 0.1) is 29.0 Å². The van der Waals surface area contributed by atoms with Crippen LogP contribution in [0.2, 0.25) is 0 Å². The van der Waals surface area contributed by atoms with Gasteiger partial charge >= 0.3 is 0 Å². The van der Waals surface area contributed by atoms with Crippen LogP contribution in [0.5, 0.6) is 0 Å². The number of thiazole rings is 1. The van der Waals surface area contributed by atoms with Crippen LogP contribution in [0.4, 0.5) is 0 Å². The third kappa shape index (κ3) is 2.39. The highest BCUT2D eigenvalue weighted by molar-refractivity contribution is 7.11. The lowest BCUT2D eigenvalue weighted by Crippen LogP contribution is -2.53. The molecule has 1 aromatic rings. The van der Waals surface area contributed by atoms with Gasteiger partial charge in [-0.3, -0.25) is 4.79 Å². The van der Waals surface area contributed by atoms with Crippen LogP contribution in [0.1, 0.15) is 41.0 Å². The van der Waals surface area contributed by atoms with Crippen LogP contribution in [0.25, 0.3) is 0 Å². The molecule has 3 rings (SSSR count). The van der Waals surface area contributed by atoms with Gasteiger partial charge in [-0.1, -0.05) is 0 Å². The predicted molar refractivity (Wildman–Crippen MR) is 80.7 cm³/mol. The van der Waals surface area contributed by atoms with Gasteiger partial charge in [0.1, 0.15) is 4.88 Å². The summed E-state index contributed by atoms with van der Waals surface area (Å²) < 4.78 is 11.4. The molecular formula is C15H22N2O3S. The molecule has 0 aromatic carbocycles. The van der Waals surface area contributed by atoms with Gasteiger partial charge in [0.2, 0.25) is 0 Å². The van der Waals surface area contributed by atoms with Gasteiger partial charge in [-0.2, -0.15) is 0 Å². The fraction of sp³-hybridized carbons (Fsp3) is 0.733. The van der Waals surface area contributed by atoms with Crippen molar-refractivity contribution in [2.24, 2.45) is 0 Å². The van der Waals surface area contributed by atoms with E-state index in [1.807, 2.05) is 11.8 Å². The fourth-order valence-electron chi connectivity index (χ4n) is 3.76. The van der Waals surface area contributed by atoms with Crippen LogP contribution in [0, 0.1) is 6.92 Å². The lowest BCUT2D eigenvalue weighted by Gasteiger charge is -2.43. The molecule has 3 atom stereocenters. The maximum absolute atomic E-state index is 12.8. The highest BCUT2D eigenvalue weighted by Crippen LogP contribution is 2.43. The smallest absolute Gasteiger partial charge is 0.266 e. The summed E-state index contributed by atoms with van der Waals surface area (Å²) in [5, 5.41) is 0. The first-order valence-electron chi connectivity index (χ1n) is 7.40. The monoisotopic (exact) mass is 310 g/mol. The first-order valence-corrected chi connectivity index (χ1v) is 8.28. The minimum Gasteiger partial charge on any atom is -0.381 e. The van der Waals surface area contributed by atoms with E-state index in [4.69, 9.17) is 9.47 Å². The molecule has 2 aliphatic rings. The standard InChI is InChI=1S/C15H22N2O3S/c1-10-13(21-9-16-10)14(18)17-7-6-15(20-3)5-4-11(19-2)8-12(15)17/h9,11-12H,4-8H2,1-3H3/t11-,12+,15-/m1/s1. The number of rotatable bonds is 3. The van der Waals surface area contributed by atoms with Crippen molar-refractivity contribution >= 4 is 17.2 Å². The molecule has 5 nitrogen and oxygen atoms in total. The number of hydrogen-bond donors (Lipinski definition) is 0. The Bertz CT molecular complexity index is 533. The van der Waals surface area contributed by atoms with Crippen LogP contribution in [-0.4, -0.2) is 54.3 Å². The topological polar surface area (TPSA) is 51.7 Å². The maximum Gasteiger partial charge on any atom is 0.266 e. The first kappa shape index (κ1) is 14.9. The Morgan fingerprint density at radius 1 is 1.48 bits per heavy atom. The molecule has 1 aliphatic heterocycles. The van der Waals surface area contributed by atoms with Crippen LogP contribution < -0.4 is 0 Å². The summed E-state index contributed by atoms with van der Waals surface area (Å²) >= 11 is 1.42. The molecule has 2 fully saturated rings. The molecule has 1 aliphatic carbocycles. The van der Waals surface area contributed by atoms with E-state index in [0.717, 1.165) is 42.8 Å². The van der Waals surface area contributed by atoms with Gasteiger partial charge in [-0.05, 0) is 32.6 Å².